The minimum absolute atomic E-state index is 0.000579. The molecule has 1 aliphatic carbocycles. The van der Waals surface area contributed by atoms with E-state index in [2.05, 4.69) is 5.32 Å². The summed E-state index contributed by atoms with van der Waals surface area (Å²) in [6.45, 7) is 3.67. The Bertz CT molecular complexity index is 1710. The molecule has 1 saturated carbocycles. The number of benzene rings is 1. The summed E-state index contributed by atoms with van der Waals surface area (Å²) in [5, 5.41) is 38.9. The minimum Gasteiger partial charge on any atom is -0.393 e. The van der Waals surface area contributed by atoms with E-state index in [0.29, 0.717) is 56.3 Å². The van der Waals surface area contributed by atoms with Gasteiger partial charge >= 0.3 is 0 Å². The van der Waals surface area contributed by atoms with Crippen molar-refractivity contribution in [2.24, 2.45) is 17.0 Å². The maximum Gasteiger partial charge on any atom is 0.247 e. The number of fused-ring (bicyclic) bond motifs is 1. The predicted molar refractivity (Wildman–Crippen MR) is 196 cm³/mol. The number of aryl methyl sites for hydroxylation is 1. The van der Waals surface area contributed by atoms with Crippen LogP contribution in [0, 0.1) is 11.8 Å². The molecule has 284 valence electrons. The first-order valence-corrected chi connectivity index (χ1v) is 21.7. The van der Waals surface area contributed by atoms with Crippen LogP contribution in [0.5, 0.6) is 0 Å². The second kappa shape index (κ2) is 18.4. The number of rotatable bonds is 18. The highest BCUT2D eigenvalue weighted by Gasteiger charge is 2.43. The molecule has 2 heterocycles. The van der Waals surface area contributed by atoms with Crippen molar-refractivity contribution in [2.75, 3.05) is 13.1 Å². The molecule has 1 fully saturated rings. The molecule has 0 bridgehead atoms. The van der Waals surface area contributed by atoms with E-state index in [1.54, 1.807) is 6.92 Å². The monoisotopic (exact) mass is 767 g/mol. The van der Waals surface area contributed by atoms with Gasteiger partial charge in [0.25, 0.3) is 0 Å². The van der Waals surface area contributed by atoms with E-state index in [1.165, 1.54) is 23.5 Å². The summed E-state index contributed by atoms with van der Waals surface area (Å²) in [7, 11) is -7.89. The van der Waals surface area contributed by atoms with Gasteiger partial charge in [0.1, 0.15) is 8.42 Å². The molecule has 1 aromatic heterocycles. The zero-order valence-corrected chi connectivity index (χ0v) is 31.8. The van der Waals surface area contributed by atoms with Crippen LogP contribution in [0.25, 0.3) is 0 Å². The van der Waals surface area contributed by atoms with E-state index in [9.17, 15) is 41.7 Å². The lowest BCUT2D eigenvalue weighted by Gasteiger charge is -2.36. The SMILES string of the molecule is CCN(C(=O)CCNC(=O)CCC/C=C\C[C@@H]1[C@@H](CC[C@H](O)CCc2ccccc2)[C@H](O)C[C@@H]1O)[C@H]1C[C@H](C)S(=O)(=O)c2sc(S(N)(=O)=O)cc21. The lowest BCUT2D eigenvalue weighted by molar-refractivity contribution is -0.133. The van der Waals surface area contributed by atoms with Gasteiger partial charge in [-0.2, -0.15) is 0 Å². The third-order valence-corrected chi connectivity index (χ3v) is 15.5. The number of hydrogen-bond acceptors (Lipinski definition) is 10. The Labute approximate surface area is 306 Å². The lowest BCUT2D eigenvalue weighted by Crippen LogP contribution is -2.41. The molecule has 0 saturated heterocycles. The van der Waals surface area contributed by atoms with E-state index in [4.69, 9.17) is 5.14 Å². The molecule has 51 heavy (non-hydrogen) atoms. The quantitative estimate of drug-likeness (QED) is 0.111. The van der Waals surface area contributed by atoms with Gasteiger partial charge in [0.15, 0.2) is 9.84 Å². The number of amides is 2. The molecule has 6 N–H and O–H groups in total. The van der Waals surface area contributed by atoms with Crippen LogP contribution < -0.4 is 10.5 Å². The Kier molecular flexibility index (Phi) is 14.8. The van der Waals surface area contributed by atoms with Crippen LogP contribution >= 0.6 is 11.3 Å². The molecule has 7 atom stereocenters. The molecular formula is C36H53N3O9S3. The number of nitrogens with two attached hydrogens (primary N) is 1. The largest absolute Gasteiger partial charge is 0.393 e. The van der Waals surface area contributed by atoms with E-state index in [0.717, 1.165) is 6.42 Å². The number of sulfonamides is 1. The first-order valence-electron chi connectivity index (χ1n) is 17.8. The molecule has 1 aliphatic heterocycles. The van der Waals surface area contributed by atoms with Crippen molar-refractivity contribution < 1.29 is 41.7 Å². The topological polar surface area (TPSA) is 204 Å². The molecule has 0 radical (unpaired) electrons. The van der Waals surface area contributed by atoms with Gasteiger partial charge in [-0.25, -0.2) is 22.0 Å². The van der Waals surface area contributed by atoms with Crippen LogP contribution in [0.1, 0.15) is 95.2 Å². The molecule has 0 spiro atoms. The molecule has 4 rings (SSSR count). The van der Waals surface area contributed by atoms with Gasteiger partial charge < -0.3 is 25.5 Å². The number of nitrogens with zero attached hydrogens (tertiary/aromatic N) is 1. The van der Waals surface area contributed by atoms with Crippen molar-refractivity contribution in [3.8, 4) is 0 Å². The minimum atomic E-state index is -4.13. The number of carbonyl (C=O) groups excluding carboxylic acids is 2. The van der Waals surface area contributed by atoms with Gasteiger partial charge in [0.2, 0.25) is 21.8 Å². The smallest absolute Gasteiger partial charge is 0.247 e. The maximum absolute atomic E-state index is 13.2. The highest BCUT2D eigenvalue weighted by molar-refractivity contribution is 7.95. The fourth-order valence-electron chi connectivity index (χ4n) is 7.28. The molecule has 2 aromatic rings. The van der Waals surface area contributed by atoms with Crippen molar-refractivity contribution in [3.05, 3.63) is 59.7 Å². The summed E-state index contributed by atoms with van der Waals surface area (Å²) in [6.07, 6.45) is 7.50. The predicted octanol–water partition coefficient (Wildman–Crippen LogP) is 3.61. The number of hydrogen-bond donors (Lipinski definition) is 5. The number of aliphatic hydroxyl groups is 3. The van der Waals surface area contributed by atoms with Gasteiger partial charge in [-0.15, -0.1) is 11.3 Å². The normalized spacial score (nSPS) is 25.1. The average molecular weight is 768 g/mol. The van der Waals surface area contributed by atoms with Crippen LogP contribution in [0.3, 0.4) is 0 Å². The average Bonchev–Trinajstić information content (AvgIpc) is 3.66. The van der Waals surface area contributed by atoms with E-state index >= 15 is 0 Å². The maximum atomic E-state index is 13.2. The molecule has 12 nitrogen and oxygen atoms in total. The van der Waals surface area contributed by atoms with Crippen molar-refractivity contribution in [3.63, 3.8) is 0 Å². The molecular weight excluding hydrogens is 715 g/mol. The molecule has 15 heteroatoms. The summed E-state index contributed by atoms with van der Waals surface area (Å²) in [6, 6.07) is 10.6. The van der Waals surface area contributed by atoms with Gasteiger partial charge in [-0.3, -0.25) is 9.59 Å². The summed E-state index contributed by atoms with van der Waals surface area (Å²) in [5.74, 6) is -0.667. The first kappa shape index (κ1) is 41.1. The van der Waals surface area contributed by atoms with Gasteiger partial charge in [0.05, 0.1) is 29.6 Å². The third-order valence-electron chi connectivity index (χ3n) is 10.2. The van der Waals surface area contributed by atoms with Gasteiger partial charge in [0, 0.05) is 31.5 Å². The van der Waals surface area contributed by atoms with E-state index in [1.807, 2.05) is 42.5 Å². The Morgan fingerprint density at radius 2 is 1.78 bits per heavy atom. The standard InChI is InChI=1S/C36H53N3O9S3/c1-3-39(30-21-24(2)50(45,46)36-29(30)22-35(49-36)51(37,47)48)34(44)19-20-38-33(43)14-10-5-4-9-13-27-28(32(42)23-31(27)41)18-17-26(40)16-15-25-11-7-6-8-12-25/h4,6-9,11-12,22,24,26-28,30-32,40-42H,3,5,10,13-21,23H2,1-2H3,(H,38,43)(H2,37,47,48)/b9-4-/t24-,26+,27+,28+,30-,31-,32+/m0/s1. The van der Waals surface area contributed by atoms with Crippen molar-refractivity contribution in [2.45, 2.75) is 122 Å². The van der Waals surface area contributed by atoms with Crippen LogP contribution in [0.2, 0.25) is 0 Å². The number of unbranched alkanes of at least 4 members (excludes halogenated alkanes) is 1. The van der Waals surface area contributed by atoms with Crippen molar-refractivity contribution in [1.29, 1.82) is 0 Å². The van der Waals surface area contributed by atoms with Crippen molar-refractivity contribution >= 4 is 43.0 Å². The zero-order chi connectivity index (χ0) is 37.3. The van der Waals surface area contributed by atoms with E-state index < -0.39 is 49.5 Å². The number of sulfone groups is 1. The Hall–Kier alpha value is -2.66. The number of aliphatic hydroxyl groups excluding tert-OH is 3. The summed E-state index contributed by atoms with van der Waals surface area (Å²) >= 11 is 0.610. The van der Waals surface area contributed by atoms with Gasteiger partial charge in [-0.05, 0) is 95.1 Å². The summed E-state index contributed by atoms with van der Waals surface area (Å²) in [5.41, 5.74) is 1.44. The third kappa shape index (κ3) is 10.9. The summed E-state index contributed by atoms with van der Waals surface area (Å²) in [4.78, 5) is 27.2. The highest BCUT2D eigenvalue weighted by atomic mass is 32.3. The second-order valence-electron chi connectivity index (χ2n) is 13.8. The molecule has 0 unspecified atom stereocenters. The van der Waals surface area contributed by atoms with Crippen LogP contribution in [-0.2, 0) is 35.9 Å². The fraction of sp³-hybridized carbons (Fsp3) is 0.611. The second-order valence-corrected chi connectivity index (χ2v) is 19.2. The van der Waals surface area contributed by atoms with Crippen LogP contribution in [0.4, 0.5) is 0 Å². The van der Waals surface area contributed by atoms with Gasteiger partial charge in [-0.1, -0.05) is 42.5 Å². The Morgan fingerprint density at radius 1 is 1.08 bits per heavy atom. The molecule has 2 amide bonds. The number of thiophene rings is 1. The Balaban J connectivity index is 1.17. The highest BCUT2D eigenvalue weighted by Crippen LogP contribution is 2.45. The lowest BCUT2D eigenvalue weighted by atomic mass is 9.85. The number of allylic oxidation sites excluding steroid dienone is 2. The summed E-state index contributed by atoms with van der Waals surface area (Å²) < 4.78 is 49.5. The fourth-order valence-corrected chi connectivity index (χ4v) is 11.7. The molecule has 2 aliphatic rings. The zero-order valence-electron chi connectivity index (χ0n) is 29.4. The van der Waals surface area contributed by atoms with Crippen LogP contribution in [0.15, 0.2) is 57.0 Å². The van der Waals surface area contributed by atoms with E-state index in [-0.39, 0.29) is 70.0 Å². The number of primary sulfonamides is 1. The van der Waals surface area contributed by atoms with Crippen LogP contribution in [-0.4, -0.2) is 85.5 Å². The Morgan fingerprint density at radius 3 is 2.47 bits per heavy atom. The molecule has 1 aromatic carbocycles. The number of nitrogens with one attached hydrogen (secondary N) is 1. The first-order chi connectivity index (χ1) is 24.1. The number of carbonyl (C=O) groups is 2. The van der Waals surface area contributed by atoms with Crippen molar-refractivity contribution in [1.82, 2.24) is 10.2 Å².